The van der Waals surface area contributed by atoms with Gasteiger partial charge in [0, 0.05) is 24.7 Å². The lowest BCUT2D eigenvalue weighted by atomic mass is 9.56. The van der Waals surface area contributed by atoms with Crippen LogP contribution < -0.4 is 0 Å². The predicted molar refractivity (Wildman–Crippen MR) is 191 cm³/mol. The first-order valence-electron chi connectivity index (χ1n) is 20.1. The minimum atomic E-state index is -0.860. The molecule has 8 aliphatic heterocycles. The fourth-order valence-electron chi connectivity index (χ4n) is 12.2. The molecule has 11 rings (SSSR count). The van der Waals surface area contributed by atoms with Crippen molar-refractivity contribution in [3.05, 3.63) is 28.0 Å². The Morgan fingerprint density at radius 1 is 0.755 bits per heavy atom. The second-order valence-electron chi connectivity index (χ2n) is 18.3. The van der Waals surface area contributed by atoms with Gasteiger partial charge in [0.1, 0.15) is 10.3 Å². The molecule has 0 N–H and O–H groups in total. The number of hydrogen-bond donors (Lipinski definition) is 0. The van der Waals surface area contributed by atoms with Crippen molar-refractivity contribution in [2.75, 3.05) is 6.61 Å². The van der Waals surface area contributed by atoms with Gasteiger partial charge in [0.05, 0.1) is 24.4 Å². The van der Waals surface area contributed by atoms with Gasteiger partial charge >= 0.3 is 5.97 Å². The molecule has 2 spiro atoms. The summed E-state index contributed by atoms with van der Waals surface area (Å²) < 4.78 is 33.5. The van der Waals surface area contributed by atoms with E-state index in [1.807, 2.05) is 13.8 Å². The van der Waals surface area contributed by atoms with E-state index in [1.54, 1.807) is 12.1 Å². The Labute approximate surface area is 322 Å². The zero-order valence-corrected chi connectivity index (χ0v) is 33.2. The molecule has 0 amide bonds. The number of esters is 1. The van der Waals surface area contributed by atoms with E-state index in [9.17, 15) is 4.79 Å². The molecule has 0 radical (unpaired) electrons. The predicted octanol–water partition coefficient (Wildman–Crippen LogP) is 8.44. The van der Waals surface area contributed by atoms with Gasteiger partial charge in [0.25, 0.3) is 0 Å². The molecule has 10 aliphatic rings. The minimum absolute atomic E-state index is 0.0119. The largest absolute Gasteiger partial charge is 0.462 e. The van der Waals surface area contributed by atoms with E-state index in [1.165, 1.54) is 0 Å². The first-order chi connectivity index (χ1) is 25.3. The number of rotatable bonds is 7. The average Bonchev–Trinajstić information content (AvgIpc) is 3.49. The number of carbonyl (C=O) groups is 1. The second-order valence-corrected chi connectivity index (χ2v) is 19.0. The third-order valence-electron chi connectivity index (χ3n) is 15.2. The van der Waals surface area contributed by atoms with Gasteiger partial charge in [0.15, 0.2) is 23.8 Å². The Morgan fingerprint density at radius 3 is 1.75 bits per heavy atom. The molecular formula is C40H55Cl2NO10. The molecule has 2 aliphatic carbocycles. The van der Waals surface area contributed by atoms with E-state index in [4.69, 9.17) is 66.4 Å². The van der Waals surface area contributed by atoms with Gasteiger partial charge in [-0.25, -0.2) is 29.3 Å². The topological polar surface area (TPSA) is 113 Å². The van der Waals surface area contributed by atoms with Crippen molar-refractivity contribution < 1.29 is 48.0 Å². The Bertz CT molecular complexity index is 1510. The van der Waals surface area contributed by atoms with Crippen LogP contribution in [0.3, 0.4) is 0 Å². The molecule has 10 fully saturated rings. The molecule has 9 heterocycles. The molecule has 53 heavy (non-hydrogen) atoms. The number of nitrogens with zero attached hydrogens (tertiary/aromatic N) is 1. The van der Waals surface area contributed by atoms with Gasteiger partial charge in [-0.3, -0.25) is 0 Å². The normalized spacial score (nSPS) is 50.3. The number of fused-ring (bicyclic) bond motifs is 4. The highest BCUT2D eigenvalue weighted by molar-refractivity contribution is 6.34. The van der Waals surface area contributed by atoms with Gasteiger partial charge in [-0.05, 0) is 119 Å². The van der Waals surface area contributed by atoms with E-state index in [2.05, 4.69) is 32.7 Å². The lowest BCUT2D eigenvalue weighted by molar-refractivity contribution is -0.571. The second kappa shape index (κ2) is 13.5. The van der Waals surface area contributed by atoms with Crippen LogP contribution in [-0.2, 0) is 43.2 Å². The molecule has 0 aromatic carbocycles. The molecule has 8 saturated heterocycles. The van der Waals surface area contributed by atoms with Crippen molar-refractivity contribution in [2.45, 2.75) is 153 Å². The van der Waals surface area contributed by atoms with Crippen molar-refractivity contribution in [1.29, 1.82) is 0 Å². The number of pyridine rings is 1. The van der Waals surface area contributed by atoms with Crippen LogP contribution >= 0.6 is 23.2 Å². The number of ether oxygens (including phenoxy) is 5. The van der Waals surface area contributed by atoms with E-state index >= 15 is 0 Å². The van der Waals surface area contributed by atoms with Crippen molar-refractivity contribution >= 4 is 29.2 Å². The minimum Gasteiger partial charge on any atom is -0.462 e. The van der Waals surface area contributed by atoms with Gasteiger partial charge in [-0.2, -0.15) is 0 Å². The highest BCUT2D eigenvalue weighted by Crippen LogP contribution is 2.63. The number of aromatic nitrogens is 1. The van der Waals surface area contributed by atoms with Crippen LogP contribution in [0.25, 0.3) is 0 Å². The number of carbonyl (C=O) groups excluding carboxylic acids is 1. The highest BCUT2D eigenvalue weighted by Gasteiger charge is 2.71. The van der Waals surface area contributed by atoms with Crippen molar-refractivity contribution in [3.63, 3.8) is 0 Å². The standard InChI is InChI=1S/C40H55Cl2NO10/c1-20-7-10-28-22(3)30(46-35-39(28)26(20)13-15-37(5,48-35)50-52-39)17-24(19-45-34(44)25-9-12-32(41)43-33(25)42)18-31-23(4)29-11-8-21(2)27-14-16-38(6)49-36(47-31)40(27,29)53-51-38/h9,12,20-24,26-31,35-36H,7-8,10-11,13-19H2,1-6H3/t20-,21-,22-,23-,24?,26+,27+,28+,29+,30-,31-,35-,36-,37?,38?,39-,40-/m1/s1. The molecule has 11 nitrogen and oxygen atoms in total. The number of hydrogen-bond acceptors (Lipinski definition) is 11. The van der Waals surface area contributed by atoms with Crippen LogP contribution in [0, 0.1) is 53.3 Å². The molecule has 13 heteroatoms. The lowest BCUT2D eigenvalue weighted by Gasteiger charge is -2.61. The van der Waals surface area contributed by atoms with Gasteiger partial charge in [-0.15, -0.1) is 0 Å². The number of halogens is 2. The molecule has 4 bridgehead atoms. The van der Waals surface area contributed by atoms with Crippen LogP contribution in [0.4, 0.5) is 0 Å². The zero-order valence-electron chi connectivity index (χ0n) is 31.7. The SMILES string of the molecule is C[C@H]1[C@@H](CC(COC(=O)c2ccc(Cl)nc2Cl)C[C@H]2O[C@@H]3OC4(C)CC[C@H]5[C@H](C)CC[C@@H]([C@H]2C)[C@@]35OO4)O[C@@H]2OC3(C)CC[C@H]4[C@H](C)CC[C@@H]1[C@@]24OO3. The Kier molecular flexibility index (Phi) is 9.53. The van der Waals surface area contributed by atoms with Crippen LogP contribution in [0.15, 0.2) is 12.1 Å². The van der Waals surface area contributed by atoms with E-state index in [0.29, 0.717) is 24.7 Å². The van der Waals surface area contributed by atoms with Gasteiger partial charge in [-0.1, -0.05) is 50.9 Å². The average molecular weight is 781 g/mol. The van der Waals surface area contributed by atoms with Crippen molar-refractivity contribution in [1.82, 2.24) is 4.98 Å². The van der Waals surface area contributed by atoms with Crippen LogP contribution in [0.5, 0.6) is 0 Å². The van der Waals surface area contributed by atoms with Gasteiger partial charge < -0.3 is 23.7 Å². The molecule has 1 aromatic rings. The Morgan fingerprint density at radius 2 is 1.26 bits per heavy atom. The zero-order chi connectivity index (χ0) is 37.1. The fraction of sp³-hybridized carbons (Fsp3) is 0.850. The fourth-order valence-corrected chi connectivity index (χ4v) is 12.6. The monoisotopic (exact) mass is 779 g/mol. The smallest absolute Gasteiger partial charge is 0.341 e. The van der Waals surface area contributed by atoms with Crippen molar-refractivity contribution in [2.24, 2.45) is 53.3 Å². The third-order valence-corrected chi connectivity index (χ3v) is 15.7. The first-order valence-corrected chi connectivity index (χ1v) is 20.9. The summed E-state index contributed by atoms with van der Waals surface area (Å²) in [6.45, 7) is 13.3. The molecule has 1 aromatic heterocycles. The summed E-state index contributed by atoms with van der Waals surface area (Å²) in [5, 5.41) is 0.221. The maximum Gasteiger partial charge on any atom is 0.341 e. The summed E-state index contributed by atoms with van der Waals surface area (Å²) in [6, 6.07) is 3.09. The Balaban J connectivity index is 1.00. The van der Waals surface area contributed by atoms with Crippen LogP contribution in [-0.4, -0.2) is 65.1 Å². The Hall–Kier alpha value is -1.12. The van der Waals surface area contributed by atoms with E-state index in [-0.39, 0.29) is 76.1 Å². The summed E-state index contributed by atoms with van der Waals surface area (Å²) in [5.41, 5.74) is -1.13. The van der Waals surface area contributed by atoms with Crippen molar-refractivity contribution in [3.8, 4) is 0 Å². The summed E-state index contributed by atoms with van der Waals surface area (Å²) in [4.78, 5) is 42.5. The van der Waals surface area contributed by atoms with E-state index < -0.39 is 41.3 Å². The molecule has 294 valence electrons. The van der Waals surface area contributed by atoms with Crippen LogP contribution in [0.2, 0.25) is 10.3 Å². The lowest BCUT2D eigenvalue weighted by Crippen LogP contribution is -2.70. The van der Waals surface area contributed by atoms with Gasteiger partial charge in [0.2, 0.25) is 11.6 Å². The highest BCUT2D eigenvalue weighted by atomic mass is 35.5. The van der Waals surface area contributed by atoms with E-state index in [0.717, 1.165) is 51.4 Å². The summed E-state index contributed by atoms with van der Waals surface area (Å²) in [5.74, 6) is -0.209. The molecule has 2 unspecified atom stereocenters. The summed E-state index contributed by atoms with van der Waals surface area (Å²) in [7, 11) is 0. The quantitative estimate of drug-likeness (QED) is 0.151. The molecular weight excluding hydrogens is 725 g/mol. The third kappa shape index (κ3) is 5.95. The first kappa shape index (κ1) is 37.5. The maximum absolute atomic E-state index is 13.5. The summed E-state index contributed by atoms with van der Waals surface area (Å²) >= 11 is 12.4. The maximum atomic E-state index is 13.5. The molecule has 16 atom stereocenters. The van der Waals surface area contributed by atoms with Crippen LogP contribution in [0.1, 0.15) is 116 Å². The molecule has 2 saturated carbocycles. The summed E-state index contributed by atoms with van der Waals surface area (Å²) in [6.07, 6.45) is 7.54.